The lowest BCUT2D eigenvalue weighted by Crippen LogP contribution is -2.27. The highest BCUT2D eigenvalue weighted by molar-refractivity contribution is 9.10. The fraction of sp³-hybridized carbons (Fsp3) is 0.154. The van der Waals surface area contributed by atoms with Crippen LogP contribution in [0.5, 0.6) is 0 Å². The number of hydrogen-bond acceptors (Lipinski definition) is 3. The maximum absolute atomic E-state index is 11.7. The van der Waals surface area contributed by atoms with Gasteiger partial charge in [-0.15, -0.1) is 11.3 Å². The van der Waals surface area contributed by atoms with Gasteiger partial charge in [-0.25, -0.2) is 0 Å². The van der Waals surface area contributed by atoms with Crippen molar-refractivity contribution >= 4 is 54.8 Å². The molecule has 2 N–H and O–H groups in total. The van der Waals surface area contributed by atoms with Gasteiger partial charge >= 0.3 is 0 Å². The third kappa shape index (κ3) is 5.06. The molecule has 2 aromatic rings. The largest absolute Gasteiger partial charge is 0.325 e. The maximum atomic E-state index is 11.7. The highest BCUT2D eigenvalue weighted by atomic mass is 79.9. The number of carbonyl (C=O) groups is 1. The molecule has 0 fully saturated rings. The molecule has 19 heavy (non-hydrogen) atoms. The fourth-order valence-electron chi connectivity index (χ4n) is 1.52. The lowest BCUT2D eigenvalue weighted by Gasteiger charge is -2.06. The Balaban J connectivity index is 1.76. The van der Waals surface area contributed by atoms with Crippen molar-refractivity contribution in [3.8, 4) is 0 Å². The highest BCUT2D eigenvalue weighted by Gasteiger charge is 2.03. The first-order valence-electron chi connectivity index (χ1n) is 5.62. The molecule has 0 aliphatic carbocycles. The number of benzene rings is 1. The minimum Gasteiger partial charge on any atom is -0.325 e. The molecular formula is C13H12Br2N2OS. The van der Waals surface area contributed by atoms with Crippen molar-refractivity contribution in [3.05, 3.63) is 49.5 Å². The van der Waals surface area contributed by atoms with E-state index in [1.807, 2.05) is 35.7 Å². The summed E-state index contributed by atoms with van der Waals surface area (Å²) in [6.07, 6.45) is 0. The van der Waals surface area contributed by atoms with Crippen LogP contribution >= 0.6 is 43.2 Å². The summed E-state index contributed by atoms with van der Waals surface area (Å²) in [5.41, 5.74) is 0.792. The molecule has 2 rings (SSSR count). The normalized spacial score (nSPS) is 10.4. The monoisotopic (exact) mass is 402 g/mol. The number of amides is 1. The van der Waals surface area contributed by atoms with Crippen molar-refractivity contribution in [2.24, 2.45) is 0 Å². The molecular weight excluding hydrogens is 392 g/mol. The molecule has 100 valence electrons. The van der Waals surface area contributed by atoms with Gasteiger partial charge in [-0.05, 0) is 40.2 Å². The van der Waals surface area contributed by atoms with Crippen molar-refractivity contribution in [3.63, 3.8) is 0 Å². The Morgan fingerprint density at radius 1 is 1.21 bits per heavy atom. The van der Waals surface area contributed by atoms with Crippen LogP contribution in [0.25, 0.3) is 0 Å². The standard InChI is InChI=1S/C13H12Br2N2OS/c14-9-2-1-3-11(4-9)17-13(18)7-16-6-12-5-10(15)8-19-12/h1-5,8,16H,6-7H2,(H,17,18). The molecule has 0 saturated heterocycles. The molecule has 0 bridgehead atoms. The maximum Gasteiger partial charge on any atom is 0.238 e. The van der Waals surface area contributed by atoms with Crippen LogP contribution in [0.15, 0.2) is 44.7 Å². The molecule has 1 aromatic carbocycles. The molecule has 0 unspecified atom stereocenters. The topological polar surface area (TPSA) is 41.1 Å². The Kier molecular flexibility index (Phi) is 5.57. The van der Waals surface area contributed by atoms with E-state index in [-0.39, 0.29) is 5.91 Å². The van der Waals surface area contributed by atoms with Gasteiger partial charge < -0.3 is 10.6 Å². The van der Waals surface area contributed by atoms with E-state index in [4.69, 9.17) is 0 Å². The molecule has 1 aromatic heterocycles. The zero-order valence-electron chi connectivity index (χ0n) is 9.95. The number of nitrogens with one attached hydrogen (secondary N) is 2. The van der Waals surface area contributed by atoms with E-state index in [1.54, 1.807) is 11.3 Å². The van der Waals surface area contributed by atoms with Crippen LogP contribution in [0, 0.1) is 0 Å². The van der Waals surface area contributed by atoms with Crippen LogP contribution in [0.1, 0.15) is 4.88 Å². The van der Waals surface area contributed by atoms with Crippen molar-refractivity contribution in [1.29, 1.82) is 0 Å². The summed E-state index contributed by atoms with van der Waals surface area (Å²) in [6, 6.07) is 9.58. The molecule has 3 nitrogen and oxygen atoms in total. The number of carbonyl (C=O) groups excluding carboxylic acids is 1. The summed E-state index contributed by atoms with van der Waals surface area (Å²) in [5.74, 6) is -0.0475. The molecule has 0 aliphatic rings. The van der Waals surface area contributed by atoms with Crippen LogP contribution in [0.2, 0.25) is 0 Å². The van der Waals surface area contributed by atoms with Gasteiger partial charge in [-0.1, -0.05) is 22.0 Å². The summed E-state index contributed by atoms with van der Waals surface area (Å²) >= 11 is 8.43. The number of halogens is 2. The molecule has 0 spiro atoms. The second kappa shape index (κ2) is 7.19. The van der Waals surface area contributed by atoms with Gasteiger partial charge in [0.05, 0.1) is 6.54 Å². The van der Waals surface area contributed by atoms with E-state index in [0.717, 1.165) is 14.6 Å². The SMILES string of the molecule is O=C(CNCc1cc(Br)cs1)Nc1cccc(Br)c1. The zero-order chi connectivity index (χ0) is 13.7. The third-order valence-corrected chi connectivity index (χ3v) is 4.51. The average molecular weight is 404 g/mol. The van der Waals surface area contributed by atoms with Gasteiger partial charge in [-0.2, -0.15) is 0 Å². The number of hydrogen-bond donors (Lipinski definition) is 2. The Morgan fingerprint density at radius 3 is 2.74 bits per heavy atom. The zero-order valence-corrected chi connectivity index (χ0v) is 13.9. The van der Waals surface area contributed by atoms with Crippen LogP contribution in [-0.2, 0) is 11.3 Å². The summed E-state index contributed by atoms with van der Waals surface area (Å²) in [4.78, 5) is 12.9. The van der Waals surface area contributed by atoms with E-state index < -0.39 is 0 Å². The van der Waals surface area contributed by atoms with E-state index in [9.17, 15) is 4.79 Å². The van der Waals surface area contributed by atoms with Gasteiger partial charge in [-0.3, -0.25) is 4.79 Å². The summed E-state index contributed by atoms with van der Waals surface area (Å²) in [5, 5.41) is 7.98. The fourth-order valence-corrected chi connectivity index (χ4v) is 3.34. The molecule has 1 amide bonds. The van der Waals surface area contributed by atoms with Gasteiger partial charge in [0.2, 0.25) is 5.91 Å². The number of rotatable bonds is 5. The average Bonchev–Trinajstić information content (AvgIpc) is 2.75. The Bertz CT molecular complexity index is 571. The van der Waals surface area contributed by atoms with Gasteiger partial charge in [0.25, 0.3) is 0 Å². The lowest BCUT2D eigenvalue weighted by molar-refractivity contribution is -0.115. The van der Waals surface area contributed by atoms with Crippen molar-refractivity contribution in [1.82, 2.24) is 5.32 Å². The Labute approximate surface area is 132 Å². The molecule has 1 heterocycles. The smallest absolute Gasteiger partial charge is 0.238 e. The van der Waals surface area contributed by atoms with Gasteiger partial charge in [0.15, 0.2) is 0 Å². The summed E-state index contributed by atoms with van der Waals surface area (Å²) < 4.78 is 2.02. The molecule has 0 atom stereocenters. The van der Waals surface area contributed by atoms with Crippen LogP contribution in [-0.4, -0.2) is 12.5 Å². The first-order valence-corrected chi connectivity index (χ1v) is 8.09. The first kappa shape index (κ1) is 14.7. The van der Waals surface area contributed by atoms with Crippen molar-refractivity contribution < 1.29 is 4.79 Å². The van der Waals surface area contributed by atoms with Crippen LogP contribution < -0.4 is 10.6 Å². The second-order valence-corrected chi connectivity index (χ2v) is 6.72. The lowest BCUT2D eigenvalue weighted by atomic mass is 10.3. The van der Waals surface area contributed by atoms with Crippen molar-refractivity contribution in [2.45, 2.75) is 6.54 Å². The Morgan fingerprint density at radius 2 is 2.05 bits per heavy atom. The van der Waals surface area contributed by atoms with Gasteiger partial charge in [0.1, 0.15) is 0 Å². The summed E-state index contributed by atoms with van der Waals surface area (Å²) in [6.45, 7) is 0.990. The Hall–Kier alpha value is -0.690. The van der Waals surface area contributed by atoms with E-state index in [0.29, 0.717) is 13.1 Å². The molecule has 0 aliphatic heterocycles. The third-order valence-electron chi connectivity index (χ3n) is 2.31. The minimum absolute atomic E-state index is 0.0475. The van der Waals surface area contributed by atoms with Crippen LogP contribution in [0.3, 0.4) is 0 Å². The second-order valence-electron chi connectivity index (χ2n) is 3.89. The predicted molar refractivity (Wildman–Crippen MR) is 86.5 cm³/mol. The minimum atomic E-state index is -0.0475. The van der Waals surface area contributed by atoms with E-state index in [2.05, 4.69) is 42.5 Å². The van der Waals surface area contributed by atoms with E-state index in [1.165, 1.54) is 4.88 Å². The quantitative estimate of drug-likeness (QED) is 0.791. The highest BCUT2D eigenvalue weighted by Crippen LogP contribution is 2.19. The van der Waals surface area contributed by atoms with Crippen molar-refractivity contribution in [2.75, 3.05) is 11.9 Å². The number of thiophene rings is 1. The van der Waals surface area contributed by atoms with E-state index >= 15 is 0 Å². The number of anilines is 1. The molecule has 0 radical (unpaired) electrons. The van der Waals surface area contributed by atoms with Gasteiger partial charge in [0, 0.05) is 31.4 Å². The predicted octanol–water partition coefficient (Wildman–Crippen LogP) is 4.00. The summed E-state index contributed by atoms with van der Waals surface area (Å²) in [7, 11) is 0. The molecule has 0 saturated carbocycles. The first-order chi connectivity index (χ1) is 9.13. The van der Waals surface area contributed by atoms with Crippen LogP contribution in [0.4, 0.5) is 5.69 Å². The molecule has 6 heteroatoms.